The number of carboxylic acids is 1. The van der Waals surface area contributed by atoms with Crippen molar-refractivity contribution >= 4 is 30.9 Å². The topological polar surface area (TPSA) is 270 Å². The van der Waals surface area contributed by atoms with E-state index in [1.807, 2.05) is 0 Å². The zero-order valence-corrected chi connectivity index (χ0v) is 17.5. The summed E-state index contributed by atoms with van der Waals surface area (Å²) < 4.78 is 21.7. The van der Waals surface area contributed by atoms with Crippen LogP contribution in [0.4, 0.5) is 5.95 Å². The average Bonchev–Trinajstić information content (AvgIpc) is 3.27. The maximum Gasteiger partial charge on any atom is 0.469 e. The van der Waals surface area contributed by atoms with E-state index in [1.54, 1.807) is 0 Å². The van der Waals surface area contributed by atoms with Gasteiger partial charge in [-0.3, -0.25) is 18.9 Å². The van der Waals surface area contributed by atoms with E-state index >= 15 is 0 Å². The summed E-state index contributed by atoms with van der Waals surface area (Å²) in [5.74, 6) is -1.73. The molecule has 17 nitrogen and oxygen atoms in total. The zero-order chi connectivity index (χ0) is 24.5. The van der Waals surface area contributed by atoms with Gasteiger partial charge in [-0.15, -0.1) is 0 Å². The maximum atomic E-state index is 12.4. The molecule has 6 atom stereocenters. The minimum Gasteiger partial charge on any atom is -0.480 e. The molecule has 0 spiro atoms. The van der Waals surface area contributed by atoms with Crippen LogP contribution in [0, 0.1) is 0 Å². The fourth-order valence-electron chi connectivity index (χ4n) is 3.18. The number of hydrogen-bond donors (Lipinski definition) is 9. The summed E-state index contributed by atoms with van der Waals surface area (Å²) in [5, 5.41) is 50.7. The van der Waals surface area contributed by atoms with Crippen molar-refractivity contribution in [2.24, 2.45) is 0 Å². The highest BCUT2D eigenvalue weighted by molar-refractivity contribution is 7.46. The van der Waals surface area contributed by atoms with Gasteiger partial charge in [0.2, 0.25) is 5.95 Å². The number of imidazole rings is 1. The zero-order valence-electron chi connectivity index (χ0n) is 16.6. The Morgan fingerprint density at radius 2 is 2.06 bits per heavy atom. The number of phosphoric ester groups is 1. The number of carboxylic acid groups (broad SMARTS) is 1. The molecule has 0 radical (unpaired) electrons. The van der Waals surface area contributed by atoms with Gasteiger partial charge in [-0.25, -0.2) is 14.3 Å². The van der Waals surface area contributed by atoms with E-state index in [4.69, 9.17) is 19.6 Å². The highest BCUT2D eigenvalue weighted by atomic mass is 31.2. The molecule has 0 amide bonds. The SMILES string of the molecule is O=C(O)[C@H](CC(O)CO)Nc1nc2c(ncn2[C@@H]2O[C@H](COP(=O)(O)O)[C@@H](O)[C@H]2O)c(=O)[nH]1. The third kappa shape index (κ3) is 5.72. The van der Waals surface area contributed by atoms with Gasteiger partial charge in [0.15, 0.2) is 17.4 Å². The van der Waals surface area contributed by atoms with Crippen LogP contribution in [0.15, 0.2) is 11.1 Å². The number of aliphatic carboxylic acids is 1. The van der Waals surface area contributed by atoms with Gasteiger partial charge >= 0.3 is 13.8 Å². The standard InChI is InChI=1S/C15H22N5O12P/c21-2-5(22)1-6(14(26)27)17-15-18-11-8(12(25)19-15)16-4-20(11)13-10(24)9(23)7(32-13)3-31-33(28,29)30/h4-7,9-10,13,21-24H,1-3H2,(H,26,27)(H2,28,29,30)(H2,17,18,19,25)/t5?,6-,7+,9+,10+,13+/m0/s1. The van der Waals surface area contributed by atoms with E-state index in [2.05, 4.69) is 24.8 Å². The minimum atomic E-state index is -4.87. The van der Waals surface area contributed by atoms with Crippen LogP contribution in [0.5, 0.6) is 0 Å². The van der Waals surface area contributed by atoms with E-state index in [9.17, 15) is 34.6 Å². The third-order valence-electron chi connectivity index (χ3n) is 4.78. The molecule has 18 heteroatoms. The largest absolute Gasteiger partial charge is 0.480 e. The van der Waals surface area contributed by atoms with Crippen LogP contribution in [-0.2, 0) is 18.6 Å². The molecule has 3 rings (SSSR count). The molecule has 1 aliphatic rings. The number of aromatic nitrogens is 4. The van der Waals surface area contributed by atoms with E-state index in [-0.39, 0.29) is 17.1 Å². The van der Waals surface area contributed by atoms with Crippen LogP contribution in [0.25, 0.3) is 11.2 Å². The molecule has 0 saturated carbocycles. The van der Waals surface area contributed by atoms with Gasteiger partial charge < -0.3 is 45.4 Å². The van der Waals surface area contributed by atoms with Crippen LogP contribution in [-0.4, -0.2) is 104 Å². The number of nitrogens with zero attached hydrogens (tertiary/aromatic N) is 3. The third-order valence-corrected chi connectivity index (χ3v) is 5.26. The van der Waals surface area contributed by atoms with Crippen LogP contribution in [0.3, 0.4) is 0 Å². The minimum absolute atomic E-state index is 0.180. The van der Waals surface area contributed by atoms with Crippen molar-refractivity contribution in [3.05, 3.63) is 16.7 Å². The molecule has 0 aromatic carbocycles. The molecular weight excluding hydrogens is 473 g/mol. The monoisotopic (exact) mass is 495 g/mol. The molecule has 1 fully saturated rings. The number of phosphoric acid groups is 1. The highest BCUT2D eigenvalue weighted by Gasteiger charge is 2.45. The Morgan fingerprint density at radius 3 is 2.67 bits per heavy atom. The summed E-state index contributed by atoms with van der Waals surface area (Å²) >= 11 is 0. The average molecular weight is 495 g/mol. The van der Waals surface area contributed by atoms with Crippen molar-refractivity contribution in [1.29, 1.82) is 0 Å². The van der Waals surface area contributed by atoms with Gasteiger partial charge in [-0.1, -0.05) is 0 Å². The first-order valence-corrected chi connectivity index (χ1v) is 10.9. The fraction of sp³-hybridized carbons (Fsp3) is 0.600. The molecule has 184 valence electrons. The van der Waals surface area contributed by atoms with Crippen molar-refractivity contribution in [2.45, 2.75) is 43.1 Å². The molecular formula is C15H22N5O12P. The van der Waals surface area contributed by atoms with E-state index in [0.29, 0.717) is 0 Å². The molecule has 1 saturated heterocycles. The molecule has 1 unspecified atom stereocenters. The van der Waals surface area contributed by atoms with Crippen LogP contribution >= 0.6 is 7.82 Å². The molecule has 9 N–H and O–H groups in total. The van der Waals surface area contributed by atoms with Gasteiger partial charge in [0.1, 0.15) is 24.4 Å². The number of fused-ring (bicyclic) bond motifs is 1. The van der Waals surface area contributed by atoms with Gasteiger partial charge in [-0.2, -0.15) is 4.98 Å². The molecule has 1 aliphatic heterocycles. The molecule has 33 heavy (non-hydrogen) atoms. The summed E-state index contributed by atoms with van der Waals surface area (Å²) in [6, 6.07) is -1.44. The van der Waals surface area contributed by atoms with Crippen molar-refractivity contribution in [3.63, 3.8) is 0 Å². The van der Waals surface area contributed by atoms with Gasteiger partial charge in [0.25, 0.3) is 5.56 Å². The number of aliphatic hydroxyl groups excluding tert-OH is 4. The first-order chi connectivity index (χ1) is 15.4. The first-order valence-electron chi connectivity index (χ1n) is 9.38. The van der Waals surface area contributed by atoms with Gasteiger partial charge in [0, 0.05) is 6.42 Å². The summed E-state index contributed by atoms with van der Waals surface area (Å²) in [6.45, 7) is -1.44. The Balaban J connectivity index is 1.89. The highest BCUT2D eigenvalue weighted by Crippen LogP contribution is 2.38. The second-order valence-electron chi connectivity index (χ2n) is 7.18. The summed E-state index contributed by atoms with van der Waals surface area (Å²) in [6.07, 6.45) is -6.67. The van der Waals surface area contributed by atoms with Crippen molar-refractivity contribution in [2.75, 3.05) is 18.5 Å². The number of H-pyrrole nitrogens is 1. The number of anilines is 1. The lowest BCUT2D eigenvalue weighted by Gasteiger charge is -2.18. The van der Waals surface area contributed by atoms with Crippen LogP contribution in [0.2, 0.25) is 0 Å². The Kier molecular flexibility index (Phi) is 7.47. The maximum absolute atomic E-state index is 12.4. The number of aliphatic hydroxyl groups is 4. The second-order valence-corrected chi connectivity index (χ2v) is 8.42. The lowest BCUT2D eigenvalue weighted by atomic mass is 10.1. The lowest BCUT2D eigenvalue weighted by molar-refractivity contribution is -0.138. The number of hydrogen-bond acceptors (Lipinski definition) is 12. The number of carbonyl (C=O) groups is 1. The Labute approximate surface area is 183 Å². The molecule has 3 heterocycles. The Hall–Kier alpha value is -2.47. The lowest BCUT2D eigenvalue weighted by Crippen LogP contribution is -2.35. The first kappa shape index (κ1) is 25.2. The smallest absolute Gasteiger partial charge is 0.469 e. The quantitative estimate of drug-likeness (QED) is 0.144. The van der Waals surface area contributed by atoms with E-state index in [1.165, 1.54) is 0 Å². The van der Waals surface area contributed by atoms with Crippen molar-refractivity contribution in [3.8, 4) is 0 Å². The van der Waals surface area contributed by atoms with Crippen molar-refractivity contribution in [1.82, 2.24) is 19.5 Å². The van der Waals surface area contributed by atoms with Crippen molar-refractivity contribution < 1.29 is 53.9 Å². The van der Waals surface area contributed by atoms with E-state index in [0.717, 1.165) is 10.9 Å². The summed E-state index contributed by atoms with van der Waals surface area (Å²) in [7, 11) is -4.87. The molecule has 2 aromatic rings. The Bertz CT molecular complexity index is 1100. The van der Waals surface area contributed by atoms with Crippen LogP contribution < -0.4 is 10.9 Å². The Morgan fingerprint density at radius 1 is 1.36 bits per heavy atom. The van der Waals surface area contributed by atoms with Gasteiger partial charge in [0.05, 0.1) is 25.6 Å². The van der Waals surface area contributed by atoms with E-state index < -0.39 is 75.7 Å². The predicted molar refractivity (Wildman–Crippen MR) is 105 cm³/mol. The number of aromatic amines is 1. The normalized spacial score (nSPS) is 25.3. The second kappa shape index (κ2) is 9.80. The molecule has 0 bridgehead atoms. The molecule has 0 aliphatic carbocycles. The molecule has 2 aromatic heterocycles. The number of ether oxygens (including phenoxy) is 1. The fourth-order valence-corrected chi connectivity index (χ4v) is 3.52. The van der Waals surface area contributed by atoms with Crippen LogP contribution in [0.1, 0.15) is 12.6 Å². The number of rotatable bonds is 10. The summed E-state index contributed by atoms with van der Waals surface area (Å²) in [4.78, 5) is 51.6. The van der Waals surface area contributed by atoms with Gasteiger partial charge in [-0.05, 0) is 0 Å². The number of nitrogens with one attached hydrogen (secondary N) is 2. The predicted octanol–water partition coefficient (Wildman–Crippen LogP) is -3.54. The summed E-state index contributed by atoms with van der Waals surface area (Å²) in [5.41, 5.74) is -1.19.